The number of hydrogen-bond donors (Lipinski definition) is 3. The summed E-state index contributed by atoms with van der Waals surface area (Å²) in [6.07, 6.45) is 1.58. The first-order valence-corrected chi connectivity index (χ1v) is 8.71. The first-order valence-electron chi connectivity index (χ1n) is 8.71. The van der Waals surface area contributed by atoms with Gasteiger partial charge in [-0.25, -0.2) is 4.79 Å². The van der Waals surface area contributed by atoms with Crippen molar-refractivity contribution in [2.75, 3.05) is 17.7 Å². The Morgan fingerprint density at radius 1 is 0.929 bits per heavy atom. The number of carbonyl (C=O) groups is 4. The van der Waals surface area contributed by atoms with Gasteiger partial charge in [0.05, 0.1) is 23.4 Å². The van der Waals surface area contributed by atoms with Gasteiger partial charge in [-0.1, -0.05) is 37.6 Å². The molecule has 3 amide bonds. The molecule has 0 radical (unpaired) electrons. The minimum absolute atomic E-state index is 0.0727. The van der Waals surface area contributed by atoms with Crippen molar-refractivity contribution >= 4 is 35.1 Å². The maximum absolute atomic E-state index is 12.1. The zero-order chi connectivity index (χ0) is 20.5. The second kappa shape index (κ2) is 9.86. The van der Waals surface area contributed by atoms with Gasteiger partial charge in [0.15, 0.2) is 0 Å². The number of carbonyl (C=O) groups excluding carboxylic acids is 4. The third kappa shape index (κ3) is 5.41. The topological polar surface area (TPSA) is 128 Å². The molecule has 0 fully saturated rings. The smallest absolute Gasteiger partial charge is 0.340 e. The Balaban J connectivity index is 2.04. The molecule has 0 heterocycles. The van der Waals surface area contributed by atoms with Crippen LogP contribution in [-0.2, 0) is 14.3 Å². The quantitative estimate of drug-likeness (QED) is 0.303. The Labute approximate surface area is 162 Å². The van der Waals surface area contributed by atoms with E-state index in [9.17, 15) is 19.2 Å². The molecule has 8 heteroatoms. The maximum atomic E-state index is 12.1. The molecule has 0 aromatic heterocycles. The number of benzene rings is 2. The fourth-order valence-corrected chi connectivity index (χ4v) is 2.27. The molecule has 2 rings (SSSR count). The van der Waals surface area contributed by atoms with Gasteiger partial charge in [-0.15, -0.1) is 0 Å². The zero-order valence-corrected chi connectivity index (χ0v) is 15.4. The van der Waals surface area contributed by atoms with Crippen molar-refractivity contribution in [2.45, 2.75) is 19.8 Å². The number of nitrogens with two attached hydrogens (primary N) is 1. The lowest BCUT2D eigenvalue weighted by Crippen LogP contribution is -2.39. The van der Waals surface area contributed by atoms with Crippen LogP contribution in [0.1, 0.15) is 40.5 Å². The minimum atomic E-state index is -1.18. The molecule has 0 atom stereocenters. The Morgan fingerprint density at radius 3 is 2.25 bits per heavy atom. The lowest BCUT2D eigenvalue weighted by Gasteiger charge is -2.11. The summed E-state index contributed by atoms with van der Waals surface area (Å²) < 4.78 is 5.13. The van der Waals surface area contributed by atoms with E-state index < -0.39 is 23.7 Å². The largest absolute Gasteiger partial charge is 0.462 e. The van der Waals surface area contributed by atoms with Crippen molar-refractivity contribution in [3.8, 4) is 0 Å². The van der Waals surface area contributed by atoms with E-state index in [1.165, 1.54) is 24.3 Å². The average Bonchev–Trinajstić information content (AvgIpc) is 2.68. The third-order valence-corrected chi connectivity index (χ3v) is 3.76. The molecular formula is C20H21N3O5. The van der Waals surface area contributed by atoms with Crippen LogP contribution < -0.4 is 16.4 Å². The van der Waals surface area contributed by atoms with Gasteiger partial charge in [0, 0.05) is 5.69 Å². The van der Waals surface area contributed by atoms with Crippen LogP contribution in [0.5, 0.6) is 0 Å². The monoisotopic (exact) mass is 383 g/mol. The molecule has 0 spiro atoms. The van der Waals surface area contributed by atoms with E-state index in [2.05, 4.69) is 5.32 Å². The molecule has 4 N–H and O–H groups in total. The number of imide groups is 1. The SMILES string of the molecule is CCCCOC(=O)c1ccccc1NC(=O)C(=O)NC(=O)c1ccccc1N. The summed E-state index contributed by atoms with van der Waals surface area (Å²) in [5.41, 5.74) is 6.14. The van der Waals surface area contributed by atoms with Gasteiger partial charge in [-0.2, -0.15) is 0 Å². The molecule has 0 aliphatic rings. The fraction of sp³-hybridized carbons (Fsp3) is 0.200. The summed E-state index contributed by atoms with van der Waals surface area (Å²) in [6.45, 7) is 2.22. The van der Waals surface area contributed by atoms with Crippen molar-refractivity contribution < 1.29 is 23.9 Å². The van der Waals surface area contributed by atoms with Crippen LogP contribution in [0.25, 0.3) is 0 Å². The maximum Gasteiger partial charge on any atom is 0.340 e. The minimum Gasteiger partial charge on any atom is -0.462 e. The first kappa shape index (κ1) is 20.6. The van der Waals surface area contributed by atoms with Crippen LogP contribution in [0.15, 0.2) is 48.5 Å². The predicted octanol–water partition coefficient (Wildman–Crippen LogP) is 2.12. The van der Waals surface area contributed by atoms with Gasteiger partial charge in [0.1, 0.15) is 0 Å². The highest BCUT2D eigenvalue weighted by molar-refractivity contribution is 6.42. The third-order valence-electron chi connectivity index (χ3n) is 3.76. The van der Waals surface area contributed by atoms with E-state index in [-0.39, 0.29) is 29.1 Å². The second-order valence-electron chi connectivity index (χ2n) is 5.86. The molecule has 146 valence electrons. The van der Waals surface area contributed by atoms with E-state index in [0.717, 1.165) is 6.42 Å². The van der Waals surface area contributed by atoms with Crippen molar-refractivity contribution in [1.82, 2.24) is 5.32 Å². The van der Waals surface area contributed by atoms with Crippen LogP contribution in [0.4, 0.5) is 11.4 Å². The standard InChI is InChI=1S/C20H21N3O5/c1-2-3-12-28-20(27)14-9-5-7-11-16(14)22-18(25)19(26)23-17(24)13-8-4-6-10-15(13)21/h4-11H,2-3,12,21H2,1H3,(H,22,25)(H,23,24,26). The number of nitrogen functional groups attached to an aromatic ring is 1. The number of amides is 3. The van der Waals surface area contributed by atoms with Gasteiger partial charge >= 0.3 is 17.8 Å². The van der Waals surface area contributed by atoms with Gasteiger partial charge in [0.25, 0.3) is 5.91 Å². The van der Waals surface area contributed by atoms with Crippen molar-refractivity contribution in [2.24, 2.45) is 0 Å². The zero-order valence-electron chi connectivity index (χ0n) is 15.4. The number of ether oxygens (including phenoxy) is 1. The van der Waals surface area contributed by atoms with Gasteiger partial charge < -0.3 is 15.8 Å². The molecule has 28 heavy (non-hydrogen) atoms. The molecule has 0 saturated heterocycles. The second-order valence-corrected chi connectivity index (χ2v) is 5.86. The van der Waals surface area contributed by atoms with Crippen LogP contribution >= 0.6 is 0 Å². The average molecular weight is 383 g/mol. The highest BCUT2D eigenvalue weighted by Crippen LogP contribution is 2.16. The van der Waals surface area contributed by atoms with Crippen LogP contribution in [0, 0.1) is 0 Å². The summed E-state index contributed by atoms with van der Waals surface area (Å²) in [4.78, 5) is 48.4. The summed E-state index contributed by atoms with van der Waals surface area (Å²) in [6, 6.07) is 12.3. The fourth-order valence-electron chi connectivity index (χ4n) is 2.27. The Hall–Kier alpha value is -3.68. The van der Waals surface area contributed by atoms with Crippen molar-refractivity contribution in [3.05, 3.63) is 59.7 Å². The van der Waals surface area contributed by atoms with E-state index in [1.54, 1.807) is 24.3 Å². The number of nitrogens with one attached hydrogen (secondary N) is 2. The van der Waals surface area contributed by atoms with E-state index in [4.69, 9.17) is 10.5 Å². The molecule has 8 nitrogen and oxygen atoms in total. The van der Waals surface area contributed by atoms with E-state index in [0.29, 0.717) is 6.42 Å². The number of unbranched alkanes of at least 4 members (excludes halogenated alkanes) is 1. The molecule has 0 bridgehead atoms. The molecule has 0 saturated carbocycles. The molecule has 2 aromatic carbocycles. The summed E-state index contributed by atoms with van der Waals surface area (Å²) in [7, 11) is 0. The number of para-hydroxylation sites is 2. The normalized spacial score (nSPS) is 10.0. The first-order chi connectivity index (χ1) is 13.4. The Kier molecular flexibility index (Phi) is 7.27. The lowest BCUT2D eigenvalue weighted by atomic mass is 10.1. The molecule has 2 aromatic rings. The van der Waals surface area contributed by atoms with Gasteiger partial charge in [-0.3, -0.25) is 19.7 Å². The number of esters is 1. The summed E-state index contributed by atoms with van der Waals surface area (Å²) in [5, 5.41) is 4.28. The summed E-state index contributed by atoms with van der Waals surface area (Å²) >= 11 is 0. The Bertz CT molecular complexity index is 895. The highest BCUT2D eigenvalue weighted by Gasteiger charge is 2.21. The molecule has 0 unspecified atom stereocenters. The van der Waals surface area contributed by atoms with Gasteiger partial charge in [-0.05, 0) is 30.7 Å². The number of hydrogen-bond acceptors (Lipinski definition) is 6. The van der Waals surface area contributed by atoms with Crippen LogP contribution in [-0.4, -0.2) is 30.3 Å². The summed E-state index contributed by atoms with van der Waals surface area (Å²) in [5.74, 6) is -3.69. The predicted molar refractivity (Wildman–Crippen MR) is 104 cm³/mol. The van der Waals surface area contributed by atoms with Gasteiger partial charge in [0.2, 0.25) is 0 Å². The molecular weight excluding hydrogens is 362 g/mol. The van der Waals surface area contributed by atoms with Crippen LogP contribution in [0.2, 0.25) is 0 Å². The highest BCUT2D eigenvalue weighted by atomic mass is 16.5. The molecule has 0 aliphatic heterocycles. The van der Waals surface area contributed by atoms with E-state index in [1.807, 2.05) is 12.2 Å². The van der Waals surface area contributed by atoms with E-state index >= 15 is 0 Å². The molecule has 0 aliphatic carbocycles. The van der Waals surface area contributed by atoms with Crippen LogP contribution in [0.3, 0.4) is 0 Å². The van der Waals surface area contributed by atoms with Crippen molar-refractivity contribution in [3.63, 3.8) is 0 Å². The number of rotatable bonds is 6. The lowest BCUT2D eigenvalue weighted by molar-refractivity contribution is -0.135. The number of anilines is 2. The Morgan fingerprint density at radius 2 is 1.57 bits per heavy atom. The van der Waals surface area contributed by atoms with Crippen molar-refractivity contribution in [1.29, 1.82) is 0 Å².